The van der Waals surface area contributed by atoms with E-state index < -0.39 is 0 Å². The van der Waals surface area contributed by atoms with Gasteiger partial charge in [-0.1, -0.05) is 50.9 Å². The third-order valence-electron chi connectivity index (χ3n) is 3.46. The van der Waals surface area contributed by atoms with E-state index in [9.17, 15) is 0 Å². The van der Waals surface area contributed by atoms with Gasteiger partial charge in [0.25, 0.3) is 0 Å². The lowest BCUT2D eigenvalue weighted by Gasteiger charge is -2.25. The van der Waals surface area contributed by atoms with Crippen molar-refractivity contribution in [2.45, 2.75) is 52.5 Å². The summed E-state index contributed by atoms with van der Waals surface area (Å²) in [5.41, 5.74) is 1.37. The number of hydrogen-bond acceptors (Lipinski definition) is 1. The van der Waals surface area contributed by atoms with E-state index in [0.29, 0.717) is 6.04 Å². The van der Waals surface area contributed by atoms with Gasteiger partial charge in [-0.3, -0.25) is 0 Å². The van der Waals surface area contributed by atoms with Crippen LogP contribution in [0.5, 0.6) is 0 Å². The van der Waals surface area contributed by atoms with Crippen molar-refractivity contribution in [3.05, 3.63) is 34.9 Å². The monoisotopic (exact) mass is 267 g/mol. The molecule has 0 radical (unpaired) electrons. The van der Waals surface area contributed by atoms with E-state index in [1.54, 1.807) is 0 Å². The third-order valence-corrected chi connectivity index (χ3v) is 3.71. The van der Waals surface area contributed by atoms with Crippen molar-refractivity contribution in [3.63, 3.8) is 0 Å². The molecule has 2 unspecified atom stereocenters. The average Bonchev–Trinajstić information content (AvgIpc) is 2.37. The predicted octanol–water partition coefficient (Wildman–Crippen LogP) is 4.69. The highest BCUT2D eigenvalue weighted by Crippen LogP contribution is 2.17. The molecular formula is C16H26ClN. The first-order chi connectivity index (χ1) is 8.67. The largest absolute Gasteiger partial charge is 0.313 e. The summed E-state index contributed by atoms with van der Waals surface area (Å²) in [6.45, 7) is 7.94. The van der Waals surface area contributed by atoms with Crippen LogP contribution in [-0.2, 0) is 6.42 Å². The summed E-state index contributed by atoms with van der Waals surface area (Å²) in [6, 6.07) is 8.82. The van der Waals surface area contributed by atoms with Crippen LogP contribution in [-0.4, -0.2) is 12.6 Å². The molecule has 0 aliphatic rings. The summed E-state index contributed by atoms with van der Waals surface area (Å²) in [5, 5.41) is 4.50. The zero-order valence-corrected chi connectivity index (χ0v) is 12.6. The molecule has 1 aromatic rings. The normalized spacial score (nSPS) is 14.4. The van der Waals surface area contributed by atoms with Gasteiger partial charge in [0.15, 0.2) is 0 Å². The molecule has 0 saturated carbocycles. The van der Waals surface area contributed by atoms with E-state index in [-0.39, 0.29) is 0 Å². The quantitative estimate of drug-likeness (QED) is 0.721. The molecule has 102 valence electrons. The molecule has 0 saturated heterocycles. The first-order valence-corrected chi connectivity index (χ1v) is 7.53. The van der Waals surface area contributed by atoms with Crippen LogP contribution >= 0.6 is 11.6 Å². The lowest BCUT2D eigenvalue weighted by molar-refractivity contribution is 0.352. The van der Waals surface area contributed by atoms with E-state index in [4.69, 9.17) is 11.6 Å². The Hall–Kier alpha value is -0.530. The topological polar surface area (TPSA) is 12.0 Å². The molecule has 1 nitrogen and oxygen atoms in total. The predicted molar refractivity (Wildman–Crippen MR) is 81.3 cm³/mol. The molecule has 0 bridgehead atoms. The van der Waals surface area contributed by atoms with Crippen LogP contribution in [0.4, 0.5) is 0 Å². The van der Waals surface area contributed by atoms with Crippen LogP contribution in [0.1, 0.15) is 45.6 Å². The third kappa shape index (κ3) is 5.41. The Kier molecular flexibility index (Phi) is 7.38. The molecular weight excluding hydrogens is 242 g/mol. The summed E-state index contributed by atoms with van der Waals surface area (Å²) in [6.07, 6.45) is 4.83. The fourth-order valence-corrected chi connectivity index (χ4v) is 2.46. The minimum Gasteiger partial charge on any atom is -0.313 e. The molecule has 0 aromatic heterocycles. The van der Waals surface area contributed by atoms with Crippen molar-refractivity contribution in [3.8, 4) is 0 Å². The first-order valence-electron chi connectivity index (χ1n) is 7.15. The summed E-state index contributed by atoms with van der Waals surface area (Å²) < 4.78 is 0. The Morgan fingerprint density at radius 1 is 1.11 bits per heavy atom. The van der Waals surface area contributed by atoms with Crippen molar-refractivity contribution in [1.82, 2.24) is 5.32 Å². The number of halogens is 1. The average molecular weight is 268 g/mol. The maximum Gasteiger partial charge on any atom is 0.0406 e. The molecule has 0 fully saturated rings. The van der Waals surface area contributed by atoms with Gasteiger partial charge in [-0.15, -0.1) is 0 Å². The Bertz CT molecular complexity index is 320. The Balaban J connectivity index is 2.61. The first kappa shape index (κ1) is 15.5. The van der Waals surface area contributed by atoms with Crippen molar-refractivity contribution >= 4 is 11.6 Å². The van der Waals surface area contributed by atoms with Crippen LogP contribution in [0.15, 0.2) is 24.3 Å². The Morgan fingerprint density at radius 2 is 1.78 bits per heavy atom. The highest BCUT2D eigenvalue weighted by molar-refractivity contribution is 6.30. The van der Waals surface area contributed by atoms with E-state index in [1.807, 2.05) is 12.1 Å². The van der Waals surface area contributed by atoms with Gasteiger partial charge in [0.1, 0.15) is 0 Å². The second kappa shape index (κ2) is 8.55. The van der Waals surface area contributed by atoms with E-state index >= 15 is 0 Å². The van der Waals surface area contributed by atoms with E-state index in [0.717, 1.165) is 23.9 Å². The minimum absolute atomic E-state index is 0.575. The van der Waals surface area contributed by atoms with Crippen molar-refractivity contribution in [2.24, 2.45) is 5.92 Å². The number of rotatable bonds is 8. The fraction of sp³-hybridized carbons (Fsp3) is 0.625. The Morgan fingerprint density at radius 3 is 2.33 bits per heavy atom. The maximum atomic E-state index is 5.93. The van der Waals surface area contributed by atoms with Crippen LogP contribution in [0.25, 0.3) is 0 Å². The number of benzene rings is 1. The summed E-state index contributed by atoms with van der Waals surface area (Å²) in [4.78, 5) is 0. The highest BCUT2D eigenvalue weighted by atomic mass is 35.5. The molecule has 2 heteroatoms. The lowest BCUT2D eigenvalue weighted by Crippen LogP contribution is -2.37. The standard InChI is InChI=1S/C16H26ClN/c1-4-6-13(3)16(18-11-5-2)12-14-7-9-15(17)10-8-14/h7-10,13,16,18H,4-6,11-12H2,1-3H3. The molecule has 2 atom stereocenters. The molecule has 0 aliphatic carbocycles. The lowest BCUT2D eigenvalue weighted by atomic mass is 9.91. The van der Waals surface area contributed by atoms with Crippen LogP contribution in [0.3, 0.4) is 0 Å². The van der Waals surface area contributed by atoms with Crippen molar-refractivity contribution in [1.29, 1.82) is 0 Å². The molecule has 1 aromatic carbocycles. The van der Waals surface area contributed by atoms with Crippen molar-refractivity contribution < 1.29 is 0 Å². The number of hydrogen-bond donors (Lipinski definition) is 1. The smallest absolute Gasteiger partial charge is 0.0406 e. The minimum atomic E-state index is 0.575. The van der Waals surface area contributed by atoms with Crippen molar-refractivity contribution in [2.75, 3.05) is 6.54 Å². The highest BCUT2D eigenvalue weighted by Gasteiger charge is 2.16. The molecule has 1 N–H and O–H groups in total. The van der Waals surface area contributed by atoms with Gasteiger partial charge in [0, 0.05) is 11.1 Å². The second-order valence-corrected chi connectivity index (χ2v) is 5.59. The summed E-state index contributed by atoms with van der Waals surface area (Å²) in [7, 11) is 0. The molecule has 0 heterocycles. The van der Waals surface area contributed by atoms with Crippen LogP contribution in [0.2, 0.25) is 5.02 Å². The van der Waals surface area contributed by atoms with Crippen LogP contribution in [0, 0.1) is 5.92 Å². The van der Waals surface area contributed by atoms with Gasteiger partial charge in [-0.25, -0.2) is 0 Å². The maximum absolute atomic E-state index is 5.93. The van der Waals surface area contributed by atoms with E-state index in [2.05, 4.69) is 38.2 Å². The Labute approximate surface area is 117 Å². The molecule has 0 amide bonds. The van der Waals surface area contributed by atoms with Crippen LogP contribution < -0.4 is 5.32 Å². The second-order valence-electron chi connectivity index (χ2n) is 5.16. The van der Waals surface area contributed by atoms with Gasteiger partial charge >= 0.3 is 0 Å². The molecule has 1 rings (SSSR count). The van der Waals surface area contributed by atoms with Gasteiger partial charge in [-0.05, 0) is 49.4 Å². The zero-order chi connectivity index (χ0) is 13.4. The van der Waals surface area contributed by atoms with Gasteiger partial charge in [0.05, 0.1) is 0 Å². The summed E-state index contributed by atoms with van der Waals surface area (Å²) in [5.74, 6) is 0.720. The summed E-state index contributed by atoms with van der Waals surface area (Å²) >= 11 is 5.93. The molecule has 18 heavy (non-hydrogen) atoms. The van der Waals surface area contributed by atoms with Gasteiger partial charge < -0.3 is 5.32 Å². The van der Waals surface area contributed by atoms with Gasteiger partial charge in [-0.2, -0.15) is 0 Å². The number of nitrogens with one attached hydrogen (secondary N) is 1. The van der Waals surface area contributed by atoms with Gasteiger partial charge in [0.2, 0.25) is 0 Å². The molecule has 0 spiro atoms. The fourth-order valence-electron chi connectivity index (χ4n) is 2.34. The zero-order valence-electron chi connectivity index (χ0n) is 11.9. The SMILES string of the molecule is CCCNC(Cc1ccc(Cl)cc1)C(C)CCC. The molecule has 0 aliphatic heterocycles. The van der Waals surface area contributed by atoms with E-state index in [1.165, 1.54) is 24.8 Å².